The Bertz CT molecular complexity index is 832. The van der Waals surface area contributed by atoms with Gasteiger partial charge in [0.15, 0.2) is 0 Å². The lowest BCUT2D eigenvalue weighted by Gasteiger charge is -2.30. The summed E-state index contributed by atoms with van der Waals surface area (Å²) in [6.07, 6.45) is 2.06. The number of carboxylic acids is 1. The first-order valence-corrected chi connectivity index (χ1v) is 9.24. The first-order chi connectivity index (χ1) is 12.9. The van der Waals surface area contributed by atoms with Crippen LogP contribution in [0.1, 0.15) is 37.3 Å². The van der Waals surface area contributed by atoms with Crippen molar-refractivity contribution in [1.82, 2.24) is 5.32 Å². The molecule has 27 heavy (non-hydrogen) atoms. The molecular formula is C22H24FNO3. The highest BCUT2D eigenvalue weighted by Crippen LogP contribution is 2.49. The average molecular weight is 369 g/mol. The molecule has 0 saturated heterocycles. The van der Waals surface area contributed by atoms with E-state index in [0.29, 0.717) is 36.8 Å². The molecule has 2 N–H and O–H groups in total. The maximum absolute atomic E-state index is 14.0. The third-order valence-corrected chi connectivity index (χ3v) is 5.71. The van der Waals surface area contributed by atoms with Gasteiger partial charge in [0.1, 0.15) is 11.2 Å². The van der Waals surface area contributed by atoms with E-state index < -0.39 is 16.8 Å². The van der Waals surface area contributed by atoms with Crippen LogP contribution in [0, 0.1) is 11.2 Å². The molecular weight excluding hydrogens is 345 g/mol. The Kier molecular flexibility index (Phi) is 5.31. The fourth-order valence-corrected chi connectivity index (χ4v) is 3.60. The molecule has 5 heteroatoms. The maximum atomic E-state index is 14.0. The Hall–Kier alpha value is -2.69. The molecule has 2 aromatic rings. The first kappa shape index (κ1) is 19.1. The van der Waals surface area contributed by atoms with Crippen LogP contribution in [0.5, 0.6) is 0 Å². The number of carbonyl (C=O) groups excluding carboxylic acids is 1. The van der Waals surface area contributed by atoms with Gasteiger partial charge in [-0.1, -0.05) is 55.5 Å². The molecule has 0 heterocycles. The van der Waals surface area contributed by atoms with Gasteiger partial charge in [-0.3, -0.25) is 9.59 Å². The third kappa shape index (κ3) is 3.72. The number of rotatable bonds is 8. The summed E-state index contributed by atoms with van der Waals surface area (Å²) in [6, 6.07) is 15.4. The van der Waals surface area contributed by atoms with Crippen LogP contribution in [0.2, 0.25) is 0 Å². The number of hydrogen-bond donors (Lipinski definition) is 2. The van der Waals surface area contributed by atoms with E-state index in [-0.39, 0.29) is 18.3 Å². The van der Waals surface area contributed by atoms with Crippen LogP contribution in [-0.2, 0) is 21.4 Å². The van der Waals surface area contributed by atoms with Gasteiger partial charge in [-0.15, -0.1) is 0 Å². The van der Waals surface area contributed by atoms with Crippen LogP contribution in [-0.4, -0.2) is 23.5 Å². The summed E-state index contributed by atoms with van der Waals surface area (Å²) < 4.78 is 14.0. The molecule has 0 bridgehead atoms. The smallest absolute Gasteiger partial charge is 0.315 e. The summed E-state index contributed by atoms with van der Waals surface area (Å²) in [5.41, 5.74) is -0.616. The van der Waals surface area contributed by atoms with Gasteiger partial charge in [-0.25, -0.2) is 4.39 Å². The van der Waals surface area contributed by atoms with E-state index in [1.807, 2.05) is 6.07 Å². The first-order valence-electron chi connectivity index (χ1n) is 9.24. The summed E-state index contributed by atoms with van der Waals surface area (Å²) in [4.78, 5) is 24.9. The van der Waals surface area contributed by atoms with E-state index in [2.05, 4.69) is 5.32 Å². The fraction of sp³-hybridized carbons (Fsp3) is 0.364. The molecule has 0 aliphatic heterocycles. The van der Waals surface area contributed by atoms with Crippen LogP contribution in [0.4, 0.5) is 4.39 Å². The second-order valence-corrected chi connectivity index (χ2v) is 7.34. The highest BCUT2D eigenvalue weighted by Gasteiger charge is 2.51. The van der Waals surface area contributed by atoms with Crippen LogP contribution in [0.25, 0.3) is 0 Å². The van der Waals surface area contributed by atoms with E-state index in [1.54, 1.807) is 49.4 Å². The molecule has 0 aromatic heterocycles. The van der Waals surface area contributed by atoms with Crippen molar-refractivity contribution in [2.24, 2.45) is 5.41 Å². The highest BCUT2D eigenvalue weighted by atomic mass is 19.1. The Morgan fingerprint density at radius 1 is 1.11 bits per heavy atom. The molecule has 1 aliphatic rings. The topological polar surface area (TPSA) is 66.4 Å². The largest absolute Gasteiger partial charge is 0.481 e. The number of nitrogens with one attached hydrogen (secondary N) is 1. The molecule has 0 spiro atoms. The zero-order valence-electron chi connectivity index (χ0n) is 15.4. The Balaban J connectivity index is 1.75. The molecule has 0 radical (unpaired) electrons. The van der Waals surface area contributed by atoms with Gasteiger partial charge in [0.25, 0.3) is 0 Å². The average Bonchev–Trinajstić information content (AvgIpc) is 3.46. The standard InChI is InChI=1S/C22H24FNO3/c1-2-22(20(26)27,17-9-4-3-5-10-17)15-24-19(25)21(12-13-21)14-16-8-6-7-11-18(16)23/h3-11H,2,12-15H2,1H3,(H,24,25)(H,26,27). The molecule has 142 valence electrons. The summed E-state index contributed by atoms with van der Waals surface area (Å²) in [5, 5.41) is 12.7. The van der Waals surface area contributed by atoms with Crippen molar-refractivity contribution >= 4 is 11.9 Å². The van der Waals surface area contributed by atoms with Gasteiger partial charge in [0, 0.05) is 6.54 Å². The van der Waals surface area contributed by atoms with Gasteiger partial charge in [-0.05, 0) is 42.9 Å². The second kappa shape index (κ2) is 7.51. The number of halogens is 1. The number of carboxylic acid groups (broad SMARTS) is 1. The monoisotopic (exact) mass is 369 g/mol. The van der Waals surface area contributed by atoms with Crippen molar-refractivity contribution in [3.63, 3.8) is 0 Å². The van der Waals surface area contributed by atoms with Gasteiger partial charge < -0.3 is 10.4 Å². The minimum atomic E-state index is -1.18. The lowest BCUT2D eigenvalue weighted by Crippen LogP contribution is -2.48. The van der Waals surface area contributed by atoms with E-state index >= 15 is 0 Å². The summed E-state index contributed by atoms with van der Waals surface area (Å²) in [7, 11) is 0. The summed E-state index contributed by atoms with van der Waals surface area (Å²) in [5.74, 6) is -1.47. The van der Waals surface area contributed by atoms with Crippen molar-refractivity contribution in [2.75, 3.05) is 6.54 Å². The van der Waals surface area contributed by atoms with Crippen LogP contribution < -0.4 is 5.32 Å². The molecule has 2 aromatic carbocycles. The summed E-state index contributed by atoms with van der Waals surface area (Å²) in [6.45, 7) is 1.82. The molecule has 1 aliphatic carbocycles. The lowest BCUT2D eigenvalue weighted by molar-refractivity contribution is -0.144. The van der Waals surface area contributed by atoms with Gasteiger partial charge >= 0.3 is 5.97 Å². The quantitative estimate of drug-likeness (QED) is 0.746. The van der Waals surface area contributed by atoms with E-state index in [1.165, 1.54) is 6.07 Å². The van der Waals surface area contributed by atoms with Crippen LogP contribution in [0.15, 0.2) is 54.6 Å². The Labute approximate surface area is 158 Å². The van der Waals surface area contributed by atoms with Gasteiger partial charge in [0.05, 0.1) is 5.41 Å². The molecule has 1 atom stereocenters. The molecule has 3 rings (SSSR count). The van der Waals surface area contributed by atoms with Crippen LogP contribution in [0.3, 0.4) is 0 Å². The third-order valence-electron chi connectivity index (χ3n) is 5.71. The summed E-state index contributed by atoms with van der Waals surface area (Å²) >= 11 is 0. The highest BCUT2D eigenvalue weighted by molar-refractivity contribution is 5.87. The molecule has 1 saturated carbocycles. The molecule has 4 nitrogen and oxygen atoms in total. The number of amides is 1. The maximum Gasteiger partial charge on any atom is 0.315 e. The number of hydrogen-bond acceptors (Lipinski definition) is 2. The zero-order chi connectivity index (χ0) is 19.5. The SMILES string of the molecule is CCC(CNC(=O)C1(Cc2ccccc2F)CC1)(C(=O)O)c1ccccc1. The normalized spacial score (nSPS) is 17.0. The van der Waals surface area contributed by atoms with E-state index in [4.69, 9.17) is 0 Å². The Morgan fingerprint density at radius 3 is 2.30 bits per heavy atom. The molecule has 1 fully saturated rings. The minimum Gasteiger partial charge on any atom is -0.481 e. The predicted molar refractivity (Wildman–Crippen MR) is 101 cm³/mol. The predicted octanol–water partition coefficient (Wildman–Crippen LogP) is 3.70. The minimum absolute atomic E-state index is 0.0146. The number of aliphatic carboxylic acids is 1. The van der Waals surface area contributed by atoms with Crippen LogP contribution >= 0.6 is 0 Å². The number of carbonyl (C=O) groups is 2. The van der Waals surface area contributed by atoms with Crippen molar-refractivity contribution in [3.8, 4) is 0 Å². The molecule has 1 amide bonds. The van der Waals surface area contributed by atoms with Crippen molar-refractivity contribution in [1.29, 1.82) is 0 Å². The van der Waals surface area contributed by atoms with Crippen molar-refractivity contribution in [2.45, 2.75) is 38.0 Å². The Morgan fingerprint density at radius 2 is 1.74 bits per heavy atom. The van der Waals surface area contributed by atoms with Crippen molar-refractivity contribution in [3.05, 3.63) is 71.5 Å². The fourth-order valence-electron chi connectivity index (χ4n) is 3.60. The van der Waals surface area contributed by atoms with E-state index in [0.717, 1.165) is 0 Å². The van der Waals surface area contributed by atoms with Gasteiger partial charge in [-0.2, -0.15) is 0 Å². The molecule has 1 unspecified atom stereocenters. The zero-order valence-corrected chi connectivity index (χ0v) is 15.4. The lowest BCUT2D eigenvalue weighted by atomic mass is 9.77. The van der Waals surface area contributed by atoms with Crippen molar-refractivity contribution < 1.29 is 19.1 Å². The van der Waals surface area contributed by atoms with E-state index in [9.17, 15) is 19.1 Å². The second-order valence-electron chi connectivity index (χ2n) is 7.34. The number of benzene rings is 2. The van der Waals surface area contributed by atoms with Gasteiger partial charge in [0.2, 0.25) is 5.91 Å².